The molecule has 0 bridgehead atoms. The molecule has 3 heterocycles. The lowest BCUT2D eigenvalue weighted by Gasteiger charge is -2.54. The molecule has 2 fully saturated rings. The lowest BCUT2D eigenvalue weighted by Crippen LogP contribution is -2.66. The first-order valence-corrected chi connectivity index (χ1v) is 8.11. The molecule has 23 heavy (non-hydrogen) atoms. The van der Waals surface area contributed by atoms with Gasteiger partial charge in [-0.2, -0.15) is 5.10 Å². The minimum absolute atomic E-state index is 0.0209. The van der Waals surface area contributed by atoms with Crippen LogP contribution >= 0.6 is 0 Å². The van der Waals surface area contributed by atoms with Crippen molar-refractivity contribution in [1.29, 1.82) is 0 Å². The minimum Gasteiger partial charge on any atom is -0.377 e. The Kier molecular flexibility index (Phi) is 3.04. The standard InChI is InChI=1S/C17H22N4O2/c1-9-7-11(12-8-18-21(4)15(12)19-9)16(22)20-13-10-5-6-23-14(10)17(13,2)3/h7-8,10,13-14H,5-6H2,1-4H3,(H,20,22)/t10-,13+,14-/m0/s1. The fraction of sp³-hybridized carbons (Fsp3) is 0.588. The molecule has 1 saturated carbocycles. The highest BCUT2D eigenvalue weighted by molar-refractivity contribution is 6.05. The van der Waals surface area contributed by atoms with Gasteiger partial charge in [-0.1, -0.05) is 13.8 Å². The molecule has 1 aliphatic heterocycles. The molecule has 2 aliphatic rings. The third-order valence-electron chi connectivity index (χ3n) is 5.46. The van der Waals surface area contributed by atoms with Crippen molar-refractivity contribution in [3.8, 4) is 0 Å². The Morgan fingerprint density at radius 2 is 2.26 bits per heavy atom. The first-order chi connectivity index (χ1) is 10.9. The summed E-state index contributed by atoms with van der Waals surface area (Å²) in [7, 11) is 1.84. The Labute approximate surface area is 135 Å². The van der Waals surface area contributed by atoms with Gasteiger partial charge in [-0.05, 0) is 19.4 Å². The quantitative estimate of drug-likeness (QED) is 0.918. The molecule has 3 atom stereocenters. The summed E-state index contributed by atoms with van der Waals surface area (Å²) in [5.41, 5.74) is 2.19. The Morgan fingerprint density at radius 3 is 3.04 bits per heavy atom. The van der Waals surface area contributed by atoms with Crippen LogP contribution in [-0.2, 0) is 11.8 Å². The smallest absolute Gasteiger partial charge is 0.252 e. The van der Waals surface area contributed by atoms with Crippen molar-refractivity contribution in [1.82, 2.24) is 20.1 Å². The number of ether oxygens (including phenoxy) is 1. The van der Waals surface area contributed by atoms with E-state index >= 15 is 0 Å². The van der Waals surface area contributed by atoms with Gasteiger partial charge in [0.15, 0.2) is 5.65 Å². The Hall–Kier alpha value is -1.95. The van der Waals surface area contributed by atoms with Crippen molar-refractivity contribution in [2.45, 2.75) is 39.3 Å². The molecule has 1 N–H and O–H groups in total. The van der Waals surface area contributed by atoms with Gasteiger partial charge >= 0.3 is 0 Å². The number of fused-ring (bicyclic) bond motifs is 2. The van der Waals surface area contributed by atoms with E-state index in [-0.39, 0.29) is 23.5 Å². The number of nitrogens with zero attached hydrogens (tertiary/aromatic N) is 3. The minimum atomic E-state index is -0.0445. The number of carbonyl (C=O) groups is 1. The second kappa shape index (κ2) is 4.77. The summed E-state index contributed by atoms with van der Waals surface area (Å²) in [4.78, 5) is 17.4. The number of nitrogens with one attached hydrogen (secondary N) is 1. The molecule has 122 valence electrons. The van der Waals surface area contributed by atoms with Crippen molar-refractivity contribution < 1.29 is 9.53 Å². The third-order valence-corrected chi connectivity index (χ3v) is 5.46. The molecule has 6 heteroatoms. The molecular weight excluding hydrogens is 292 g/mol. The molecule has 1 amide bonds. The summed E-state index contributed by atoms with van der Waals surface area (Å²) >= 11 is 0. The molecule has 1 aliphatic carbocycles. The molecule has 1 saturated heterocycles. The SMILES string of the molecule is Cc1cc(C(=O)N[C@@H]2[C@@H]3CCO[C@@H]3C2(C)C)c2cnn(C)c2n1. The highest BCUT2D eigenvalue weighted by Crippen LogP contribution is 2.52. The van der Waals surface area contributed by atoms with Gasteiger partial charge in [-0.25, -0.2) is 4.98 Å². The highest BCUT2D eigenvalue weighted by atomic mass is 16.5. The molecule has 0 spiro atoms. The molecule has 6 nitrogen and oxygen atoms in total. The maximum Gasteiger partial charge on any atom is 0.252 e. The van der Waals surface area contributed by atoms with Gasteiger partial charge in [0.1, 0.15) is 0 Å². The summed E-state index contributed by atoms with van der Waals surface area (Å²) in [6.45, 7) is 7.04. The summed E-state index contributed by atoms with van der Waals surface area (Å²) in [5.74, 6) is 0.387. The number of pyridine rings is 1. The largest absolute Gasteiger partial charge is 0.377 e. The Morgan fingerprint density at radius 1 is 1.48 bits per heavy atom. The van der Waals surface area contributed by atoms with Crippen LogP contribution in [-0.4, -0.2) is 39.4 Å². The summed E-state index contributed by atoms with van der Waals surface area (Å²) < 4.78 is 7.50. The second-order valence-corrected chi connectivity index (χ2v) is 7.33. The molecule has 4 rings (SSSR count). The van der Waals surface area contributed by atoms with E-state index in [1.165, 1.54) is 0 Å². The van der Waals surface area contributed by atoms with Crippen LogP contribution in [0.2, 0.25) is 0 Å². The van der Waals surface area contributed by atoms with E-state index in [1.807, 2.05) is 20.0 Å². The van der Waals surface area contributed by atoms with E-state index in [0.29, 0.717) is 11.5 Å². The first kappa shape index (κ1) is 14.6. The number of hydrogen-bond donors (Lipinski definition) is 1. The monoisotopic (exact) mass is 314 g/mol. The Balaban J connectivity index is 1.65. The van der Waals surface area contributed by atoms with Crippen LogP contribution in [0.15, 0.2) is 12.3 Å². The number of aromatic nitrogens is 3. The van der Waals surface area contributed by atoms with Crippen LogP contribution in [0.4, 0.5) is 0 Å². The predicted molar refractivity (Wildman–Crippen MR) is 86.1 cm³/mol. The van der Waals surface area contributed by atoms with Crippen molar-refractivity contribution in [3.05, 3.63) is 23.5 Å². The molecule has 2 aromatic heterocycles. The van der Waals surface area contributed by atoms with Gasteiger partial charge in [-0.15, -0.1) is 0 Å². The zero-order valence-electron chi connectivity index (χ0n) is 14.0. The number of rotatable bonds is 2. The van der Waals surface area contributed by atoms with Crippen LogP contribution in [0, 0.1) is 18.3 Å². The van der Waals surface area contributed by atoms with Gasteiger partial charge in [0.05, 0.1) is 23.3 Å². The second-order valence-electron chi connectivity index (χ2n) is 7.33. The van der Waals surface area contributed by atoms with Gasteiger partial charge in [-0.3, -0.25) is 9.48 Å². The zero-order chi connectivity index (χ0) is 16.4. The van der Waals surface area contributed by atoms with E-state index in [9.17, 15) is 4.79 Å². The van der Waals surface area contributed by atoms with Gasteiger partial charge in [0.25, 0.3) is 5.91 Å². The maximum absolute atomic E-state index is 12.9. The number of aryl methyl sites for hydroxylation is 2. The zero-order valence-corrected chi connectivity index (χ0v) is 14.0. The van der Waals surface area contributed by atoms with Crippen LogP contribution in [0.3, 0.4) is 0 Å². The lowest BCUT2D eigenvalue weighted by molar-refractivity contribution is -0.108. The van der Waals surface area contributed by atoms with Crippen LogP contribution in [0.5, 0.6) is 0 Å². The van der Waals surface area contributed by atoms with Crippen molar-refractivity contribution in [3.63, 3.8) is 0 Å². The van der Waals surface area contributed by atoms with Crippen LogP contribution in [0.1, 0.15) is 36.3 Å². The fourth-order valence-corrected chi connectivity index (χ4v) is 4.26. The fourth-order valence-electron chi connectivity index (χ4n) is 4.26. The van der Waals surface area contributed by atoms with E-state index in [0.717, 1.165) is 29.8 Å². The van der Waals surface area contributed by atoms with Gasteiger partial charge in [0.2, 0.25) is 0 Å². The van der Waals surface area contributed by atoms with Crippen LogP contribution in [0.25, 0.3) is 11.0 Å². The average molecular weight is 314 g/mol. The summed E-state index contributed by atoms with van der Waals surface area (Å²) in [5, 5.41) is 8.27. The third kappa shape index (κ3) is 2.01. The molecule has 0 unspecified atom stereocenters. The summed E-state index contributed by atoms with van der Waals surface area (Å²) in [6.07, 6.45) is 3.01. The highest BCUT2D eigenvalue weighted by Gasteiger charge is 2.59. The van der Waals surface area contributed by atoms with E-state index in [1.54, 1.807) is 10.9 Å². The van der Waals surface area contributed by atoms with E-state index in [2.05, 4.69) is 29.2 Å². The topological polar surface area (TPSA) is 69.0 Å². The molecule has 0 aromatic carbocycles. The lowest BCUT2D eigenvalue weighted by atomic mass is 9.57. The maximum atomic E-state index is 12.9. The molecule has 2 aromatic rings. The number of amides is 1. The van der Waals surface area contributed by atoms with E-state index in [4.69, 9.17) is 4.74 Å². The first-order valence-electron chi connectivity index (χ1n) is 8.11. The van der Waals surface area contributed by atoms with E-state index < -0.39 is 0 Å². The van der Waals surface area contributed by atoms with Crippen molar-refractivity contribution in [2.24, 2.45) is 18.4 Å². The number of hydrogen-bond acceptors (Lipinski definition) is 4. The number of carbonyl (C=O) groups excluding carboxylic acids is 1. The van der Waals surface area contributed by atoms with Gasteiger partial charge in [0, 0.05) is 36.7 Å². The predicted octanol–water partition coefficient (Wildman–Crippen LogP) is 1.82. The van der Waals surface area contributed by atoms with Crippen LogP contribution < -0.4 is 5.32 Å². The average Bonchev–Trinajstić information content (AvgIpc) is 3.10. The Bertz CT molecular complexity index is 795. The molecule has 0 radical (unpaired) electrons. The molecular formula is C17H22N4O2. The normalized spacial score (nSPS) is 28.4. The summed E-state index contributed by atoms with van der Waals surface area (Å²) in [6, 6.07) is 2.00. The van der Waals surface area contributed by atoms with Crippen molar-refractivity contribution in [2.75, 3.05) is 6.61 Å². The van der Waals surface area contributed by atoms with Crippen molar-refractivity contribution >= 4 is 16.9 Å². The van der Waals surface area contributed by atoms with Gasteiger partial charge < -0.3 is 10.1 Å².